The fourth-order valence-electron chi connectivity index (χ4n) is 1.77. The van der Waals surface area contributed by atoms with E-state index in [4.69, 9.17) is 4.74 Å². The molecule has 0 saturated heterocycles. The van der Waals surface area contributed by atoms with Crippen molar-refractivity contribution in [3.05, 3.63) is 65.7 Å². The van der Waals surface area contributed by atoms with Crippen molar-refractivity contribution < 1.29 is 14.3 Å². The third-order valence-electron chi connectivity index (χ3n) is 2.76. The Labute approximate surface area is 117 Å². The summed E-state index contributed by atoms with van der Waals surface area (Å²) in [6.07, 6.45) is -0.581. The third-order valence-corrected chi connectivity index (χ3v) is 2.76. The molecule has 0 spiro atoms. The maximum Gasteiger partial charge on any atom is 0.411 e. The van der Waals surface area contributed by atoms with E-state index in [-0.39, 0.29) is 12.4 Å². The number of nitrogens with one attached hydrogen (secondary N) is 1. The average molecular weight is 269 g/mol. The molecule has 0 unspecified atom stereocenters. The van der Waals surface area contributed by atoms with E-state index >= 15 is 0 Å². The van der Waals surface area contributed by atoms with E-state index in [1.807, 2.05) is 30.3 Å². The molecule has 102 valence electrons. The van der Waals surface area contributed by atoms with Gasteiger partial charge in [0.15, 0.2) is 5.78 Å². The number of amides is 1. The number of ketones is 1. The molecule has 2 rings (SSSR count). The van der Waals surface area contributed by atoms with Crippen LogP contribution in [0.1, 0.15) is 22.8 Å². The molecule has 0 aliphatic rings. The lowest BCUT2D eigenvalue weighted by Crippen LogP contribution is -2.15. The molecule has 0 bridgehead atoms. The van der Waals surface area contributed by atoms with E-state index in [1.165, 1.54) is 6.92 Å². The predicted molar refractivity (Wildman–Crippen MR) is 76.7 cm³/mol. The standard InChI is InChI=1S/C16H15NO3/c1-12(18)14-9-5-6-10-15(14)17-16(19)20-11-13-7-3-2-4-8-13/h2-10H,11H2,1H3,(H,17,19). The number of benzene rings is 2. The van der Waals surface area contributed by atoms with Crippen LogP contribution in [0.2, 0.25) is 0 Å². The highest BCUT2D eigenvalue weighted by Gasteiger charge is 2.10. The highest BCUT2D eigenvalue weighted by molar-refractivity contribution is 6.02. The zero-order valence-electron chi connectivity index (χ0n) is 11.1. The van der Waals surface area contributed by atoms with Crippen LogP contribution in [0.15, 0.2) is 54.6 Å². The van der Waals surface area contributed by atoms with E-state index in [0.29, 0.717) is 11.3 Å². The molecule has 0 heterocycles. The number of Topliss-reactive ketones (excluding diaryl/α,β-unsaturated/α-hetero) is 1. The fraction of sp³-hybridized carbons (Fsp3) is 0.125. The van der Waals surface area contributed by atoms with Crippen molar-refractivity contribution in [2.75, 3.05) is 5.32 Å². The van der Waals surface area contributed by atoms with Crippen LogP contribution in [0.25, 0.3) is 0 Å². The summed E-state index contributed by atoms with van der Waals surface area (Å²) in [7, 11) is 0. The topological polar surface area (TPSA) is 55.4 Å². The van der Waals surface area contributed by atoms with Crippen LogP contribution in [-0.4, -0.2) is 11.9 Å². The van der Waals surface area contributed by atoms with E-state index in [1.54, 1.807) is 24.3 Å². The second-order valence-corrected chi connectivity index (χ2v) is 4.29. The maximum absolute atomic E-state index is 11.7. The molecule has 1 N–H and O–H groups in total. The number of carbonyl (C=O) groups is 2. The highest BCUT2D eigenvalue weighted by Crippen LogP contribution is 2.16. The SMILES string of the molecule is CC(=O)c1ccccc1NC(=O)OCc1ccccc1. The average Bonchev–Trinajstić information content (AvgIpc) is 2.46. The molecule has 0 aliphatic heterocycles. The molecule has 0 atom stereocenters. The molecule has 4 nitrogen and oxygen atoms in total. The van der Waals surface area contributed by atoms with Gasteiger partial charge in [0, 0.05) is 5.56 Å². The van der Waals surface area contributed by atoms with Gasteiger partial charge in [-0.2, -0.15) is 0 Å². The van der Waals surface area contributed by atoms with Crippen molar-refractivity contribution in [2.45, 2.75) is 13.5 Å². The number of anilines is 1. The van der Waals surface area contributed by atoms with Gasteiger partial charge in [0.2, 0.25) is 0 Å². The summed E-state index contributed by atoms with van der Waals surface area (Å²) in [5.74, 6) is -0.107. The summed E-state index contributed by atoms with van der Waals surface area (Å²) in [5.41, 5.74) is 1.82. The van der Waals surface area contributed by atoms with E-state index in [9.17, 15) is 9.59 Å². The molecular weight excluding hydrogens is 254 g/mol. The second kappa shape index (κ2) is 6.52. The van der Waals surface area contributed by atoms with Crippen LogP contribution >= 0.6 is 0 Å². The van der Waals surface area contributed by atoms with Crippen molar-refractivity contribution in [3.8, 4) is 0 Å². The lowest BCUT2D eigenvalue weighted by atomic mass is 10.1. The summed E-state index contributed by atoms with van der Waals surface area (Å²) >= 11 is 0. The van der Waals surface area contributed by atoms with Gasteiger partial charge in [-0.05, 0) is 24.6 Å². The molecule has 2 aromatic carbocycles. The van der Waals surface area contributed by atoms with Crippen molar-refractivity contribution in [1.29, 1.82) is 0 Å². The first-order valence-corrected chi connectivity index (χ1v) is 6.24. The predicted octanol–water partition coefficient (Wildman–Crippen LogP) is 3.64. The van der Waals surface area contributed by atoms with E-state index < -0.39 is 6.09 Å². The van der Waals surface area contributed by atoms with Gasteiger partial charge in [0.05, 0.1) is 5.69 Å². The van der Waals surface area contributed by atoms with Crippen molar-refractivity contribution in [1.82, 2.24) is 0 Å². The Morgan fingerprint density at radius 1 is 1.00 bits per heavy atom. The first-order valence-electron chi connectivity index (χ1n) is 6.24. The van der Waals surface area contributed by atoms with Crippen molar-refractivity contribution >= 4 is 17.6 Å². The van der Waals surface area contributed by atoms with Gasteiger partial charge in [-0.25, -0.2) is 4.79 Å². The molecule has 0 saturated carbocycles. The van der Waals surface area contributed by atoms with Crippen molar-refractivity contribution in [3.63, 3.8) is 0 Å². The van der Waals surface area contributed by atoms with E-state index in [2.05, 4.69) is 5.32 Å². The van der Waals surface area contributed by atoms with Crippen LogP contribution in [0.5, 0.6) is 0 Å². The zero-order valence-corrected chi connectivity index (χ0v) is 11.1. The minimum atomic E-state index is -0.581. The highest BCUT2D eigenvalue weighted by atomic mass is 16.5. The monoisotopic (exact) mass is 269 g/mol. The number of para-hydroxylation sites is 1. The molecule has 2 aromatic rings. The number of ether oxygens (including phenoxy) is 1. The fourth-order valence-corrected chi connectivity index (χ4v) is 1.77. The summed E-state index contributed by atoms with van der Waals surface area (Å²) in [5, 5.41) is 2.58. The third kappa shape index (κ3) is 3.68. The molecule has 0 aromatic heterocycles. The van der Waals surface area contributed by atoms with Gasteiger partial charge in [-0.1, -0.05) is 42.5 Å². The zero-order chi connectivity index (χ0) is 14.4. The van der Waals surface area contributed by atoms with Crippen LogP contribution in [0.3, 0.4) is 0 Å². The van der Waals surface area contributed by atoms with Gasteiger partial charge < -0.3 is 4.74 Å². The smallest absolute Gasteiger partial charge is 0.411 e. The molecule has 20 heavy (non-hydrogen) atoms. The Bertz CT molecular complexity index is 608. The Morgan fingerprint density at radius 2 is 1.65 bits per heavy atom. The van der Waals surface area contributed by atoms with Crippen LogP contribution in [0, 0.1) is 0 Å². The lowest BCUT2D eigenvalue weighted by molar-refractivity contribution is 0.101. The van der Waals surface area contributed by atoms with Gasteiger partial charge in [-0.3, -0.25) is 10.1 Å². The number of carbonyl (C=O) groups excluding carboxylic acids is 2. The molecule has 4 heteroatoms. The largest absolute Gasteiger partial charge is 0.444 e. The van der Waals surface area contributed by atoms with Crippen LogP contribution in [0.4, 0.5) is 10.5 Å². The molecule has 0 radical (unpaired) electrons. The molecule has 1 amide bonds. The number of rotatable bonds is 4. The van der Waals surface area contributed by atoms with Gasteiger partial charge in [0.1, 0.15) is 6.61 Å². The normalized spacial score (nSPS) is 9.85. The van der Waals surface area contributed by atoms with Gasteiger partial charge in [0.25, 0.3) is 0 Å². The van der Waals surface area contributed by atoms with E-state index in [0.717, 1.165) is 5.56 Å². The number of hydrogen-bond acceptors (Lipinski definition) is 3. The molecule has 0 fully saturated rings. The quantitative estimate of drug-likeness (QED) is 0.862. The lowest BCUT2D eigenvalue weighted by Gasteiger charge is -2.09. The first kappa shape index (κ1) is 13.8. The Morgan fingerprint density at radius 3 is 2.35 bits per heavy atom. The minimum absolute atomic E-state index is 0.107. The van der Waals surface area contributed by atoms with Gasteiger partial charge >= 0.3 is 6.09 Å². The minimum Gasteiger partial charge on any atom is -0.444 e. The Hall–Kier alpha value is -2.62. The van der Waals surface area contributed by atoms with Gasteiger partial charge in [-0.15, -0.1) is 0 Å². The molecule has 0 aliphatic carbocycles. The van der Waals surface area contributed by atoms with Crippen LogP contribution < -0.4 is 5.32 Å². The summed E-state index contributed by atoms with van der Waals surface area (Å²) in [6.45, 7) is 1.64. The van der Waals surface area contributed by atoms with Crippen molar-refractivity contribution in [2.24, 2.45) is 0 Å². The number of hydrogen-bond donors (Lipinski definition) is 1. The summed E-state index contributed by atoms with van der Waals surface area (Å²) in [6, 6.07) is 16.2. The Kier molecular flexibility index (Phi) is 4.50. The summed E-state index contributed by atoms with van der Waals surface area (Å²) in [4.78, 5) is 23.2. The molecular formula is C16H15NO3. The second-order valence-electron chi connectivity index (χ2n) is 4.29. The first-order chi connectivity index (χ1) is 9.66. The van der Waals surface area contributed by atoms with Crippen LogP contribution in [-0.2, 0) is 11.3 Å². The summed E-state index contributed by atoms with van der Waals surface area (Å²) < 4.78 is 5.11. The Balaban J connectivity index is 1.97. The maximum atomic E-state index is 11.7.